The zero-order valence-corrected chi connectivity index (χ0v) is 26.2. The van der Waals surface area contributed by atoms with Gasteiger partial charge in [-0.2, -0.15) is 0 Å². The van der Waals surface area contributed by atoms with E-state index in [4.69, 9.17) is 19.4 Å². The predicted octanol–water partition coefficient (Wildman–Crippen LogP) is 11.3. The second-order valence-electron chi connectivity index (χ2n) is 12.3. The van der Waals surface area contributed by atoms with Crippen molar-refractivity contribution in [3.63, 3.8) is 0 Å². The summed E-state index contributed by atoms with van der Waals surface area (Å²) in [5.41, 5.74) is 6.64. The minimum atomic E-state index is 0.595. The molecule has 0 fully saturated rings. The first-order chi connectivity index (χ1) is 24.3. The Morgan fingerprint density at radius 2 is 1.10 bits per heavy atom. The molecule has 0 atom stereocenters. The molecule has 7 aromatic carbocycles. The van der Waals surface area contributed by atoms with Gasteiger partial charge in [-0.3, -0.25) is 4.98 Å². The van der Waals surface area contributed by atoms with E-state index in [9.17, 15) is 0 Å². The van der Waals surface area contributed by atoms with Gasteiger partial charge in [-0.25, -0.2) is 15.0 Å². The van der Waals surface area contributed by atoms with Crippen molar-refractivity contribution in [1.29, 1.82) is 0 Å². The molecule has 5 nitrogen and oxygen atoms in total. The second-order valence-corrected chi connectivity index (χ2v) is 12.3. The van der Waals surface area contributed by atoms with Crippen LogP contribution in [0.15, 0.2) is 162 Å². The second kappa shape index (κ2) is 10.9. The van der Waals surface area contributed by atoms with Crippen molar-refractivity contribution in [2.75, 3.05) is 0 Å². The molecule has 0 aliphatic heterocycles. The van der Waals surface area contributed by atoms with E-state index in [1.165, 1.54) is 10.8 Å². The van der Waals surface area contributed by atoms with Crippen molar-refractivity contribution in [3.8, 4) is 45.3 Å². The molecule has 3 heterocycles. The molecule has 0 aliphatic carbocycles. The number of hydrogen-bond donors (Lipinski definition) is 0. The SMILES string of the molecule is c1ccc(-c2ccc3c(c2)oc2cccc(-c4nc(-c5ccccc5)nc(-c5cc6ccc7cnccc7c6c6ccccc56)n4)c23)cc1. The molecule has 5 heteroatoms. The molecule has 10 rings (SSSR count). The highest BCUT2D eigenvalue weighted by Gasteiger charge is 2.20. The normalized spacial score (nSPS) is 11.7. The lowest BCUT2D eigenvalue weighted by atomic mass is 9.93. The quantitative estimate of drug-likeness (QED) is 0.182. The monoisotopic (exact) mass is 626 g/mol. The highest BCUT2D eigenvalue weighted by Crippen LogP contribution is 2.40. The third-order valence-corrected chi connectivity index (χ3v) is 9.39. The van der Waals surface area contributed by atoms with E-state index in [1.54, 1.807) is 0 Å². The number of benzene rings is 7. The van der Waals surface area contributed by atoms with Gasteiger partial charge < -0.3 is 4.42 Å². The van der Waals surface area contributed by atoms with E-state index in [-0.39, 0.29) is 0 Å². The molecule has 0 saturated carbocycles. The van der Waals surface area contributed by atoms with E-state index in [2.05, 4.69) is 102 Å². The Morgan fingerprint density at radius 1 is 0.388 bits per heavy atom. The lowest BCUT2D eigenvalue weighted by Gasteiger charge is -2.14. The highest BCUT2D eigenvalue weighted by molar-refractivity contribution is 6.23. The molecule has 0 spiro atoms. The summed E-state index contributed by atoms with van der Waals surface area (Å²) in [5.74, 6) is 1.83. The predicted molar refractivity (Wildman–Crippen MR) is 199 cm³/mol. The van der Waals surface area contributed by atoms with Crippen LogP contribution in [-0.2, 0) is 0 Å². The molecule has 49 heavy (non-hydrogen) atoms. The Bertz CT molecular complexity index is 2880. The maximum Gasteiger partial charge on any atom is 0.164 e. The van der Waals surface area contributed by atoms with Crippen LogP contribution in [0, 0.1) is 0 Å². The van der Waals surface area contributed by atoms with Gasteiger partial charge in [0, 0.05) is 45.2 Å². The van der Waals surface area contributed by atoms with Crippen LogP contribution in [0.3, 0.4) is 0 Å². The van der Waals surface area contributed by atoms with E-state index in [0.717, 1.165) is 71.3 Å². The Balaban J connectivity index is 1.24. The number of nitrogens with zero attached hydrogens (tertiary/aromatic N) is 4. The molecule has 228 valence electrons. The lowest BCUT2D eigenvalue weighted by Crippen LogP contribution is -2.01. The van der Waals surface area contributed by atoms with Crippen LogP contribution in [0.2, 0.25) is 0 Å². The molecule has 0 amide bonds. The molecule has 0 radical (unpaired) electrons. The summed E-state index contributed by atoms with van der Waals surface area (Å²) in [6.45, 7) is 0. The minimum Gasteiger partial charge on any atom is -0.456 e. The molecule has 10 aromatic rings. The van der Waals surface area contributed by atoms with E-state index >= 15 is 0 Å². The standard InChI is InChI=1S/C44H26N4O/c1-3-10-27(11-4-1)29-20-21-35-39(25-29)49-38-17-9-16-36(41(35)38)43-46-42(28-12-5-2-6-13-28)47-44(48-43)37-24-30-18-19-31-26-45-23-22-32(31)40(30)34-15-8-7-14-33(34)37/h1-26H. The number of rotatable bonds is 4. The fourth-order valence-corrected chi connectivity index (χ4v) is 7.12. The Morgan fingerprint density at radius 3 is 1.94 bits per heavy atom. The van der Waals surface area contributed by atoms with E-state index in [0.29, 0.717) is 17.5 Å². The van der Waals surface area contributed by atoms with Gasteiger partial charge >= 0.3 is 0 Å². The molecular formula is C44H26N4O. The van der Waals surface area contributed by atoms with Gasteiger partial charge in [0.2, 0.25) is 0 Å². The summed E-state index contributed by atoms with van der Waals surface area (Å²) >= 11 is 0. The molecule has 0 bridgehead atoms. The maximum atomic E-state index is 6.47. The highest BCUT2D eigenvalue weighted by atomic mass is 16.3. The van der Waals surface area contributed by atoms with Crippen molar-refractivity contribution in [3.05, 3.63) is 158 Å². The number of pyridine rings is 1. The smallest absolute Gasteiger partial charge is 0.164 e. The zero-order valence-electron chi connectivity index (χ0n) is 26.2. The van der Waals surface area contributed by atoms with Gasteiger partial charge in [-0.05, 0) is 68.4 Å². The van der Waals surface area contributed by atoms with Crippen LogP contribution in [0.5, 0.6) is 0 Å². The minimum absolute atomic E-state index is 0.595. The summed E-state index contributed by atoms with van der Waals surface area (Å²) in [4.78, 5) is 19.9. The van der Waals surface area contributed by atoms with Gasteiger partial charge in [-0.15, -0.1) is 0 Å². The van der Waals surface area contributed by atoms with Crippen LogP contribution in [-0.4, -0.2) is 19.9 Å². The maximum absolute atomic E-state index is 6.47. The van der Waals surface area contributed by atoms with E-state index in [1.807, 2.05) is 60.9 Å². The number of hydrogen-bond acceptors (Lipinski definition) is 5. The van der Waals surface area contributed by atoms with Gasteiger partial charge in [0.05, 0.1) is 0 Å². The Hall–Kier alpha value is -6.72. The summed E-state index contributed by atoms with van der Waals surface area (Å²) in [6.07, 6.45) is 3.78. The number of furan rings is 1. The van der Waals surface area contributed by atoms with Crippen LogP contribution in [0.4, 0.5) is 0 Å². The van der Waals surface area contributed by atoms with Crippen molar-refractivity contribution < 1.29 is 4.42 Å². The average Bonchev–Trinajstić information content (AvgIpc) is 3.56. The van der Waals surface area contributed by atoms with Gasteiger partial charge in [0.1, 0.15) is 11.2 Å². The van der Waals surface area contributed by atoms with Gasteiger partial charge in [0.15, 0.2) is 17.5 Å². The third-order valence-electron chi connectivity index (χ3n) is 9.39. The van der Waals surface area contributed by atoms with Crippen molar-refractivity contribution in [2.24, 2.45) is 0 Å². The van der Waals surface area contributed by atoms with E-state index < -0.39 is 0 Å². The van der Waals surface area contributed by atoms with Crippen LogP contribution < -0.4 is 0 Å². The van der Waals surface area contributed by atoms with Crippen molar-refractivity contribution in [2.45, 2.75) is 0 Å². The van der Waals surface area contributed by atoms with Gasteiger partial charge in [0.25, 0.3) is 0 Å². The largest absolute Gasteiger partial charge is 0.456 e. The molecule has 0 N–H and O–H groups in total. The zero-order chi connectivity index (χ0) is 32.3. The molecule has 0 aliphatic rings. The topological polar surface area (TPSA) is 64.7 Å². The summed E-state index contributed by atoms with van der Waals surface area (Å²) < 4.78 is 6.47. The Labute approximate surface area is 281 Å². The Kier molecular flexibility index (Phi) is 6.11. The van der Waals surface area contributed by atoms with Crippen LogP contribution >= 0.6 is 0 Å². The first kappa shape index (κ1) is 27.4. The summed E-state index contributed by atoms with van der Waals surface area (Å²) in [5, 5.41) is 8.82. The lowest BCUT2D eigenvalue weighted by molar-refractivity contribution is 0.669. The van der Waals surface area contributed by atoms with Crippen molar-refractivity contribution >= 4 is 54.3 Å². The van der Waals surface area contributed by atoms with Crippen LogP contribution in [0.25, 0.3) is 99.5 Å². The molecule has 0 saturated heterocycles. The number of fused-ring (bicyclic) bond motifs is 8. The molecule has 0 unspecified atom stereocenters. The van der Waals surface area contributed by atoms with Gasteiger partial charge in [-0.1, -0.05) is 115 Å². The van der Waals surface area contributed by atoms with Crippen molar-refractivity contribution in [1.82, 2.24) is 19.9 Å². The number of aromatic nitrogens is 4. The first-order valence-corrected chi connectivity index (χ1v) is 16.3. The molecular weight excluding hydrogens is 601 g/mol. The van der Waals surface area contributed by atoms with Crippen LogP contribution in [0.1, 0.15) is 0 Å². The fourth-order valence-electron chi connectivity index (χ4n) is 7.12. The molecule has 3 aromatic heterocycles. The average molecular weight is 627 g/mol. The third kappa shape index (κ3) is 4.48. The fraction of sp³-hybridized carbons (Fsp3) is 0. The first-order valence-electron chi connectivity index (χ1n) is 16.3. The summed E-state index contributed by atoms with van der Waals surface area (Å²) in [6, 6.07) is 50.1. The summed E-state index contributed by atoms with van der Waals surface area (Å²) in [7, 11) is 0.